The van der Waals surface area contributed by atoms with Gasteiger partial charge in [0, 0.05) is 17.1 Å². The average molecular weight is 272 g/mol. The van der Waals surface area contributed by atoms with Crippen LogP contribution in [0.1, 0.15) is 29.6 Å². The van der Waals surface area contributed by atoms with Gasteiger partial charge in [-0.05, 0) is 31.4 Å². The second kappa shape index (κ2) is 4.76. The number of aromatic amines is 1. The summed E-state index contributed by atoms with van der Waals surface area (Å²) >= 11 is 0. The molecule has 2 aromatic rings. The quantitative estimate of drug-likeness (QED) is 0.784. The highest BCUT2D eigenvalue weighted by molar-refractivity contribution is 5.97. The van der Waals surface area contributed by atoms with Crippen molar-refractivity contribution >= 4 is 16.8 Å². The minimum atomic E-state index is -0.546. The van der Waals surface area contributed by atoms with Crippen LogP contribution in [0.25, 0.3) is 10.9 Å². The molecule has 0 spiro atoms. The third-order valence-electron chi connectivity index (χ3n) is 4.02. The minimum Gasteiger partial charge on any atom is -0.394 e. The summed E-state index contributed by atoms with van der Waals surface area (Å²) in [5.74, 6) is -0.425. The number of benzene rings is 1. The lowest BCUT2D eigenvalue weighted by molar-refractivity contribution is 0.0640. The van der Waals surface area contributed by atoms with Crippen LogP contribution >= 0.6 is 0 Å². The molecule has 5 nitrogen and oxygen atoms in total. The Morgan fingerprint density at radius 1 is 1.35 bits per heavy atom. The standard InChI is InChI=1S/C15H16N2O3/c18-9-15(6-3-7-15)17-14(20)11-8-16-12-5-2-1-4-10(12)13(11)19/h1-2,4-5,8,18H,3,6-7,9H2,(H,16,19)(H,17,20). The molecule has 0 radical (unpaired) electrons. The van der Waals surface area contributed by atoms with Crippen molar-refractivity contribution in [2.24, 2.45) is 0 Å². The number of aromatic nitrogens is 1. The molecule has 20 heavy (non-hydrogen) atoms. The van der Waals surface area contributed by atoms with E-state index in [1.54, 1.807) is 18.2 Å². The maximum atomic E-state index is 12.3. The van der Waals surface area contributed by atoms with Crippen molar-refractivity contribution in [1.82, 2.24) is 10.3 Å². The van der Waals surface area contributed by atoms with E-state index < -0.39 is 11.4 Å². The number of pyridine rings is 1. The molecule has 0 aliphatic heterocycles. The van der Waals surface area contributed by atoms with Crippen LogP contribution in [0.3, 0.4) is 0 Å². The molecule has 0 bridgehead atoms. The highest BCUT2D eigenvalue weighted by Crippen LogP contribution is 2.31. The van der Waals surface area contributed by atoms with Crippen molar-refractivity contribution in [2.45, 2.75) is 24.8 Å². The Hall–Kier alpha value is -2.14. The van der Waals surface area contributed by atoms with E-state index in [9.17, 15) is 14.7 Å². The van der Waals surface area contributed by atoms with E-state index >= 15 is 0 Å². The number of fused-ring (bicyclic) bond motifs is 1. The van der Waals surface area contributed by atoms with Crippen LogP contribution in [-0.4, -0.2) is 28.1 Å². The molecule has 1 fully saturated rings. The number of rotatable bonds is 3. The van der Waals surface area contributed by atoms with E-state index in [0.717, 1.165) is 19.3 Å². The van der Waals surface area contributed by atoms with Gasteiger partial charge < -0.3 is 15.4 Å². The number of H-pyrrole nitrogens is 1. The molecule has 1 heterocycles. The van der Waals surface area contributed by atoms with Gasteiger partial charge in [0.1, 0.15) is 5.56 Å². The molecule has 0 unspecified atom stereocenters. The predicted molar refractivity (Wildman–Crippen MR) is 75.7 cm³/mol. The van der Waals surface area contributed by atoms with Gasteiger partial charge in [-0.3, -0.25) is 9.59 Å². The van der Waals surface area contributed by atoms with Crippen molar-refractivity contribution in [2.75, 3.05) is 6.61 Å². The topological polar surface area (TPSA) is 82.2 Å². The number of hydrogen-bond acceptors (Lipinski definition) is 3. The molecular weight excluding hydrogens is 256 g/mol. The summed E-state index contributed by atoms with van der Waals surface area (Å²) in [6.07, 6.45) is 3.92. The fourth-order valence-corrected chi connectivity index (χ4v) is 2.57. The first-order chi connectivity index (χ1) is 9.65. The van der Waals surface area contributed by atoms with Gasteiger partial charge in [-0.25, -0.2) is 0 Å². The van der Waals surface area contributed by atoms with Gasteiger partial charge in [-0.1, -0.05) is 12.1 Å². The minimum absolute atomic E-state index is 0.0865. The van der Waals surface area contributed by atoms with Crippen molar-refractivity contribution in [1.29, 1.82) is 0 Å². The summed E-state index contributed by atoms with van der Waals surface area (Å²) in [6, 6.07) is 7.07. The molecule has 0 saturated heterocycles. The Bertz CT molecular complexity index is 711. The Labute approximate surface area is 115 Å². The Balaban J connectivity index is 1.96. The zero-order valence-electron chi connectivity index (χ0n) is 11.0. The maximum Gasteiger partial charge on any atom is 0.257 e. The number of nitrogens with one attached hydrogen (secondary N) is 2. The van der Waals surface area contributed by atoms with Crippen LogP contribution in [0.15, 0.2) is 35.3 Å². The zero-order chi connectivity index (χ0) is 14.2. The van der Waals surface area contributed by atoms with Crippen LogP contribution in [0.4, 0.5) is 0 Å². The number of carbonyl (C=O) groups is 1. The first kappa shape index (κ1) is 12.9. The van der Waals surface area contributed by atoms with Gasteiger partial charge in [-0.2, -0.15) is 0 Å². The van der Waals surface area contributed by atoms with Gasteiger partial charge >= 0.3 is 0 Å². The summed E-state index contributed by atoms with van der Waals surface area (Å²) in [5.41, 5.74) is -0.0444. The normalized spacial score (nSPS) is 16.6. The SMILES string of the molecule is O=C(NC1(CO)CCC1)c1c[nH]c2ccccc2c1=O. The second-order valence-corrected chi connectivity index (χ2v) is 5.32. The maximum absolute atomic E-state index is 12.3. The first-order valence-corrected chi connectivity index (χ1v) is 6.69. The number of aliphatic hydroxyl groups is 1. The van der Waals surface area contributed by atoms with Crippen LogP contribution < -0.4 is 10.7 Å². The highest BCUT2D eigenvalue weighted by Gasteiger charge is 2.38. The molecule has 0 atom stereocenters. The molecule has 1 amide bonds. The van der Waals surface area contributed by atoms with Crippen molar-refractivity contribution in [3.05, 3.63) is 46.2 Å². The lowest BCUT2D eigenvalue weighted by Gasteiger charge is -2.40. The average Bonchev–Trinajstić information content (AvgIpc) is 2.43. The molecule has 1 aliphatic carbocycles. The van der Waals surface area contributed by atoms with E-state index in [0.29, 0.717) is 10.9 Å². The molecule has 1 aliphatic rings. The fourth-order valence-electron chi connectivity index (χ4n) is 2.57. The van der Waals surface area contributed by atoms with Gasteiger partial charge in [0.25, 0.3) is 5.91 Å². The number of amides is 1. The Morgan fingerprint density at radius 3 is 2.75 bits per heavy atom. The van der Waals surface area contributed by atoms with E-state index in [4.69, 9.17) is 0 Å². The van der Waals surface area contributed by atoms with Gasteiger partial charge in [0.15, 0.2) is 0 Å². The Morgan fingerprint density at radius 2 is 2.10 bits per heavy atom. The van der Waals surface area contributed by atoms with E-state index in [-0.39, 0.29) is 17.6 Å². The summed E-state index contributed by atoms with van der Waals surface area (Å²) < 4.78 is 0. The van der Waals surface area contributed by atoms with Gasteiger partial charge in [0.05, 0.1) is 12.1 Å². The number of carbonyl (C=O) groups excluding carboxylic acids is 1. The second-order valence-electron chi connectivity index (χ2n) is 5.32. The lowest BCUT2D eigenvalue weighted by atomic mass is 9.77. The van der Waals surface area contributed by atoms with Crippen LogP contribution in [-0.2, 0) is 0 Å². The van der Waals surface area contributed by atoms with Crippen molar-refractivity contribution < 1.29 is 9.90 Å². The lowest BCUT2D eigenvalue weighted by Crippen LogP contribution is -2.56. The highest BCUT2D eigenvalue weighted by atomic mass is 16.3. The Kier molecular flexibility index (Phi) is 3.06. The van der Waals surface area contributed by atoms with E-state index in [2.05, 4.69) is 10.3 Å². The monoisotopic (exact) mass is 272 g/mol. The van der Waals surface area contributed by atoms with Crippen LogP contribution in [0, 0.1) is 0 Å². The van der Waals surface area contributed by atoms with E-state index in [1.807, 2.05) is 6.07 Å². The number of aliphatic hydroxyl groups excluding tert-OH is 1. The number of para-hydroxylation sites is 1. The largest absolute Gasteiger partial charge is 0.394 e. The number of hydrogen-bond donors (Lipinski definition) is 3. The predicted octanol–water partition coefficient (Wildman–Crippen LogP) is 1.17. The summed E-state index contributed by atoms with van der Waals surface area (Å²) in [7, 11) is 0. The summed E-state index contributed by atoms with van der Waals surface area (Å²) in [5, 5.41) is 12.7. The third kappa shape index (κ3) is 2.00. The van der Waals surface area contributed by atoms with Crippen LogP contribution in [0.2, 0.25) is 0 Å². The molecule has 5 heteroatoms. The van der Waals surface area contributed by atoms with Crippen molar-refractivity contribution in [3.63, 3.8) is 0 Å². The van der Waals surface area contributed by atoms with Crippen molar-refractivity contribution in [3.8, 4) is 0 Å². The molecule has 1 aromatic heterocycles. The third-order valence-corrected chi connectivity index (χ3v) is 4.02. The molecule has 3 rings (SSSR count). The van der Waals surface area contributed by atoms with E-state index in [1.165, 1.54) is 6.20 Å². The van der Waals surface area contributed by atoms with Gasteiger partial charge in [0.2, 0.25) is 5.43 Å². The molecule has 1 saturated carbocycles. The van der Waals surface area contributed by atoms with Crippen LogP contribution in [0.5, 0.6) is 0 Å². The smallest absolute Gasteiger partial charge is 0.257 e. The zero-order valence-corrected chi connectivity index (χ0v) is 11.0. The molecule has 3 N–H and O–H groups in total. The summed E-state index contributed by atoms with van der Waals surface area (Å²) in [6.45, 7) is -0.0930. The molecule has 104 valence electrons. The first-order valence-electron chi connectivity index (χ1n) is 6.69. The molecular formula is C15H16N2O3. The summed E-state index contributed by atoms with van der Waals surface area (Å²) in [4.78, 5) is 27.5. The van der Waals surface area contributed by atoms with Gasteiger partial charge in [-0.15, -0.1) is 0 Å². The fraction of sp³-hybridized carbons (Fsp3) is 0.333. The molecule has 1 aromatic carbocycles.